The maximum atomic E-state index is 12.4. The Morgan fingerprint density at radius 1 is 1.08 bits per heavy atom. The molecule has 0 aromatic heterocycles. The van der Waals surface area contributed by atoms with Crippen LogP contribution in [-0.2, 0) is 21.2 Å². The Bertz CT molecular complexity index is 871. The van der Waals surface area contributed by atoms with Crippen LogP contribution in [0.5, 0.6) is 0 Å². The number of nitrogens with one attached hydrogen (secondary N) is 1. The number of likely N-dealkylation sites (tertiary alicyclic amines) is 1. The fourth-order valence-electron chi connectivity index (χ4n) is 3.08. The Balaban J connectivity index is 1.53. The number of rotatable bonds is 7. The SMILES string of the molecule is O=C1CC(CNS(=O)(=O)c2ccccc2Cl)CN1CCc1ccccc1. The topological polar surface area (TPSA) is 66.5 Å². The van der Waals surface area contributed by atoms with E-state index in [1.807, 2.05) is 35.2 Å². The molecule has 1 unspecified atom stereocenters. The van der Waals surface area contributed by atoms with Gasteiger partial charge in [-0.2, -0.15) is 0 Å². The summed E-state index contributed by atoms with van der Waals surface area (Å²) in [5.74, 6) is 0.0402. The van der Waals surface area contributed by atoms with Gasteiger partial charge in [-0.25, -0.2) is 13.1 Å². The van der Waals surface area contributed by atoms with E-state index in [4.69, 9.17) is 11.6 Å². The van der Waals surface area contributed by atoms with E-state index in [9.17, 15) is 13.2 Å². The molecular weight excluding hydrogens is 372 g/mol. The lowest BCUT2D eigenvalue weighted by Crippen LogP contribution is -2.32. The monoisotopic (exact) mass is 392 g/mol. The highest BCUT2D eigenvalue weighted by Crippen LogP contribution is 2.22. The normalized spacial score (nSPS) is 17.7. The first-order chi connectivity index (χ1) is 12.5. The summed E-state index contributed by atoms with van der Waals surface area (Å²) in [5.41, 5.74) is 1.18. The summed E-state index contributed by atoms with van der Waals surface area (Å²) in [6.07, 6.45) is 1.16. The predicted molar refractivity (Wildman–Crippen MR) is 101 cm³/mol. The Hall–Kier alpha value is -1.89. The number of sulfonamides is 1. The van der Waals surface area contributed by atoms with Gasteiger partial charge in [0.1, 0.15) is 4.90 Å². The lowest BCUT2D eigenvalue weighted by molar-refractivity contribution is -0.127. The Kier molecular flexibility index (Phi) is 5.96. The molecule has 2 aromatic carbocycles. The highest BCUT2D eigenvalue weighted by molar-refractivity contribution is 7.89. The van der Waals surface area contributed by atoms with E-state index in [2.05, 4.69) is 4.72 Å². The van der Waals surface area contributed by atoms with Crippen molar-refractivity contribution in [3.05, 3.63) is 65.2 Å². The number of carbonyl (C=O) groups excluding carboxylic acids is 1. The van der Waals surface area contributed by atoms with Crippen molar-refractivity contribution in [3.63, 3.8) is 0 Å². The lowest BCUT2D eigenvalue weighted by atomic mass is 10.1. The molecule has 2 aromatic rings. The Labute approximate surface area is 159 Å². The van der Waals surface area contributed by atoms with Crippen molar-refractivity contribution in [2.45, 2.75) is 17.7 Å². The van der Waals surface area contributed by atoms with Gasteiger partial charge in [-0.05, 0) is 30.0 Å². The van der Waals surface area contributed by atoms with Crippen LogP contribution >= 0.6 is 11.6 Å². The number of halogens is 1. The summed E-state index contributed by atoms with van der Waals surface area (Å²) >= 11 is 5.97. The average Bonchev–Trinajstić information content (AvgIpc) is 2.99. The second-order valence-electron chi connectivity index (χ2n) is 6.43. The molecule has 0 spiro atoms. The zero-order valence-electron chi connectivity index (χ0n) is 14.3. The second-order valence-corrected chi connectivity index (χ2v) is 8.57. The number of hydrogen-bond donors (Lipinski definition) is 1. The average molecular weight is 393 g/mol. The molecule has 0 radical (unpaired) electrons. The van der Waals surface area contributed by atoms with E-state index in [0.29, 0.717) is 19.5 Å². The first-order valence-electron chi connectivity index (χ1n) is 8.51. The molecular formula is C19H21ClN2O3S. The third-order valence-corrected chi connectivity index (χ3v) is 6.42. The lowest BCUT2D eigenvalue weighted by Gasteiger charge is -2.17. The van der Waals surface area contributed by atoms with E-state index in [1.165, 1.54) is 11.6 Å². The Morgan fingerprint density at radius 2 is 1.77 bits per heavy atom. The molecule has 1 N–H and O–H groups in total. The minimum atomic E-state index is -3.68. The van der Waals surface area contributed by atoms with Crippen LogP contribution in [0.2, 0.25) is 5.02 Å². The maximum Gasteiger partial charge on any atom is 0.242 e. The molecule has 1 amide bonds. The molecule has 3 rings (SSSR count). The molecule has 5 nitrogen and oxygen atoms in total. The molecule has 1 atom stereocenters. The quantitative estimate of drug-likeness (QED) is 0.787. The standard InChI is InChI=1S/C19H21ClN2O3S/c20-17-8-4-5-9-18(17)26(24,25)21-13-16-12-19(23)22(14-16)11-10-15-6-2-1-3-7-15/h1-9,16,21H,10-14H2. The summed E-state index contributed by atoms with van der Waals surface area (Å²) in [6, 6.07) is 16.3. The molecule has 0 bridgehead atoms. The zero-order valence-corrected chi connectivity index (χ0v) is 15.8. The van der Waals surface area contributed by atoms with Crippen LogP contribution in [0.1, 0.15) is 12.0 Å². The van der Waals surface area contributed by atoms with Crippen LogP contribution in [-0.4, -0.2) is 38.9 Å². The number of nitrogens with zero attached hydrogens (tertiary/aromatic N) is 1. The molecule has 1 heterocycles. The van der Waals surface area contributed by atoms with Crippen LogP contribution in [0.4, 0.5) is 0 Å². The summed E-state index contributed by atoms with van der Waals surface area (Å²) in [5, 5.41) is 0.187. The van der Waals surface area contributed by atoms with Crippen molar-refractivity contribution in [3.8, 4) is 0 Å². The summed E-state index contributed by atoms with van der Waals surface area (Å²) in [6.45, 7) is 1.44. The van der Waals surface area contributed by atoms with Gasteiger partial charge in [0.25, 0.3) is 0 Å². The Morgan fingerprint density at radius 3 is 2.50 bits per heavy atom. The summed E-state index contributed by atoms with van der Waals surface area (Å²) in [4.78, 5) is 14.1. The van der Waals surface area contributed by atoms with Gasteiger partial charge in [0.15, 0.2) is 0 Å². The van der Waals surface area contributed by atoms with Crippen LogP contribution in [0.25, 0.3) is 0 Å². The van der Waals surface area contributed by atoms with Crippen molar-refractivity contribution in [1.82, 2.24) is 9.62 Å². The fraction of sp³-hybridized carbons (Fsp3) is 0.316. The molecule has 7 heteroatoms. The third-order valence-electron chi connectivity index (χ3n) is 4.50. The van der Waals surface area contributed by atoms with Gasteiger partial charge in [0.2, 0.25) is 15.9 Å². The molecule has 1 aliphatic rings. The van der Waals surface area contributed by atoms with E-state index >= 15 is 0 Å². The maximum absolute atomic E-state index is 12.4. The molecule has 0 saturated carbocycles. The predicted octanol–water partition coefficient (Wildman–Crippen LogP) is 2.71. The summed E-state index contributed by atoms with van der Waals surface area (Å²) < 4.78 is 27.4. The molecule has 1 fully saturated rings. The fourth-order valence-corrected chi connectivity index (χ4v) is 4.72. The number of carbonyl (C=O) groups is 1. The highest BCUT2D eigenvalue weighted by Gasteiger charge is 2.30. The number of amides is 1. The molecule has 0 aliphatic carbocycles. The van der Waals surface area contributed by atoms with Crippen molar-refractivity contribution < 1.29 is 13.2 Å². The second kappa shape index (κ2) is 8.20. The molecule has 26 heavy (non-hydrogen) atoms. The van der Waals surface area contributed by atoms with Gasteiger partial charge in [-0.15, -0.1) is 0 Å². The first kappa shape index (κ1) is 18.9. The van der Waals surface area contributed by atoms with Crippen molar-refractivity contribution in [1.29, 1.82) is 0 Å². The van der Waals surface area contributed by atoms with Crippen molar-refractivity contribution in [2.75, 3.05) is 19.6 Å². The van der Waals surface area contributed by atoms with Crippen molar-refractivity contribution >= 4 is 27.5 Å². The largest absolute Gasteiger partial charge is 0.342 e. The molecule has 138 valence electrons. The first-order valence-corrected chi connectivity index (χ1v) is 10.4. The van der Waals surface area contributed by atoms with Gasteiger partial charge in [-0.3, -0.25) is 4.79 Å². The number of hydrogen-bond acceptors (Lipinski definition) is 3. The van der Waals surface area contributed by atoms with Gasteiger partial charge in [0, 0.05) is 26.1 Å². The smallest absolute Gasteiger partial charge is 0.242 e. The van der Waals surface area contributed by atoms with Crippen LogP contribution in [0, 0.1) is 5.92 Å². The van der Waals surface area contributed by atoms with E-state index in [-0.39, 0.29) is 28.3 Å². The third kappa shape index (κ3) is 4.63. The van der Waals surface area contributed by atoms with Crippen LogP contribution in [0.15, 0.2) is 59.5 Å². The highest BCUT2D eigenvalue weighted by atomic mass is 35.5. The van der Waals surface area contributed by atoms with Gasteiger partial charge in [0.05, 0.1) is 5.02 Å². The van der Waals surface area contributed by atoms with Crippen LogP contribution < -0.4 is 4.72 Å². The van der Waals surface area contributed by atoms with E-state index in [0.717, 1.165) is 6.42 Å². The molecule has 1 aliphatic heterocycles. The summed E-state index contributed by atoms with van der Waals surface area (Å²) in [7, 11) is -3.68. The van der Waals surface area contributed by atoms with E-state index < -0.39 is 10.0 Å². The minimum Gasteiger partial charge on any atom is -0.342 e. The van der Waals surface area contributed by atoms with E-state index in [1.54, 1.807) is 18.2 Å². The van der Waals surface area contributed by atoms with Gasteiger partial charge < -0.3 is 4.90 Å². The molecule has 1 saturated heterocycles. The van der Waals surface area contributed by atoms with Crippen molar-refractivity contribution in [2.24, 2.45) is 5.92 Å². The zero-order chi connectivity index (χ0) is 18.6. The van der Waals surface area contributed by atoms with Gasteiger partial charge >= 0.3 is 0 Å². The number of benzene rings is 2. The van der Waals surface area contributed by atoms with Crippen LogP contribution in [0.3, 0.4) is 0 Å². The van der Waals surface area contributed by atoms with Gasteiger partial charge in [-0.1, -0.05) is 54.1 Å². The minimum absolute atomic E-state index is 0.0319.